The second-order valence-corrected chi connectivity index (χ2v) is 8.61. The molecule has 6 nitrogen and oxygen atoms in total. The van der Waals surface area contributed by atoms with E-state index in [9.17, 15) is 13.2 Å². The molecule has 3 rings (SSSR count). The lowest BCUT2D eigenvalue weighted by Gasteiger charge is -2.28. The fourth-order valence-electron chi connectivity index (χ4n) is 3.64. The van der Waals surface area contributed by atoms with E-state index in [0.717, 1.165) is 32.4 Å². The van der Waals surface area contributed by atoms with Crippen LogP contribution in [0.3, 0.4) is 0 Å². The van der Waals surface area contributed by atoms with Crippen molar-refractivity contribution in [2.24, 2.45) is 0 Å². The van der Waals surface area contributed by atoms with Gasteiger partial charge in [-0.1, -0.05) is 6.07 Å². The molecule has 0 saturated carbocycles. The Kier molecular flexibility index (Phi) is 6.48. The van der Waals surface area contributed by atoms with Crippen molar-refractivity contribution >= 4 is 28.3 Å². The molecule has 0 aliphatic carbocycles. The summed E-state index contributed by atoms with van der Waals surface area (Å²) in [5.74, 6) is -0.0622. The quantitative estimate of drug-likeness (QED) is 0.825. The zero-order valence-electron chi connectivity index (χ0n) is 14.6. The van der Waals surface area contributed by atoms with Crippen LogP contribution in [0.4, 0.5) is 0 Å². The average Bonchev–Trinajstić information content (AvgIpc) is 2.78. The average molecular weight is 388 g/mol. The van der Waals surface area contributed by atoms with Gasteiger partial charge in [-0.3, -0.25) is 4.79 Å². The third-order valence-electron chi connectivity index (χ3n) is 4.67. The molecule has 25 heavy (non-hydrogen) atoms. The maximum absolute atomic E-state index is 13.0. The molecule has 2 aliphatic rings. The van der Waals surface area contributed by atoms with Crippen molar-refractivity contribution in [3.63, 3.8) is 0 Å². The molecule has 2 saturated heterocycles. The highest BCUT2D eigenvalue weighted by Crippen LogP contribution is 2.29. The number of nitrogens with zero attached hydrogens (tertiary/aromatic N) is 1. The highest BCUT2D eigenvalue weighted by Gasteiger charge is 2.38. The first-order valence-corrected chi connectivity index (χ1v) is 10.0. The molecule has 2 heterocycles. The van der Waals surface area contributed by atoms with E-state index in [4.69, 9.17) is 0 Å². The van der Waals surface area contributed by atoms with Crippen molar-refractivity contribution in [2.45, 2.75) is 56.1 Å². The molecular formula is C17H26ClN3O3S. The highest BCUT2D eigenvalue weighted by molar-refractivity contribution is 7.89. The number of hydrogen-bond donors (Lipinski definition) is 2. The van der Waals surface area contributed by atoms with Gasteiger partial charge < -0.3 is 10.2 Å². The van der Waals surface area contributed by atoms with Crippen LogP contribution in [0.1, 0.15) is 43.5 Å². The maximum Gasteiger partial charge on any atom is 0.254 e. The van der Waals surface area contributed by atoms with Crippen LogP contribution in [0.2, 0.25) is 0 Å². The summed E-state index contributed by atoms with van der Waals surface area (Å²) in [4.78, 5) is 15.1. The fraction of sp³-hybridized carbons (Fsp3) is 0.588. The zero-order valence-corrected chi connectivity index (χ0v) is 16.2. The van der Waals surface area contributed by atoms with Crippen LogP contribution >= 0.6 is 12.4 Å². The molecule has 8 heteroatoms. The molecule has 1 aromatic carbocycles. The van der Waals surface area contributed by atoms with E-state index >= 15 is 0 Å². The Bertz CT molecular complexity index is 710. The van der Waals surface area contributed by atoms with Crippen LogP contribution in [0.15, 0.2) is 29.2 Å². The lowest BCUT2D eigenvalue weighted by atomic mass is 10.1. The molecule has 1 amide bonds. The fourth-order valence-corrected chi connectivity index (χ4v) is 4.93. The van der Waals surface area contributed by atoms with Gasteiger partial charge in [0.15, 0.2) is 0 Å². The smallest absolute Gasteiger partial charge is 0.254 e. The lowest BCUT2D eigenvalue weighted by molar-refractivity contribution is 0.0680. The van der Waals surface area contributed by atoms with Crippen LogP contribution in [0, 0.1) is 0 Å². The molecule has 140 valence electrons. The first-order chi connectivity index (χ1) is 11.4. The first kappa shape index (κ1) is 20.2. The predicted molar refractivity (Wildman–Crippen MR) is 99.6 cm³/mol. The molecule has 2 N–H and O–H groups in total. The molecule has 0 aromatic heterocycles. The molecule has 2 unspecified atom stereocenters. The van der Waals surface area contributed by atoms with Gasteiger partial charge in [-0.15, -0.1) is 12.4 Å². The molecule has 0 spiro atoms. The topological polar surface area (TPSA) is 78.5 Å². The molecular weight excluding hydrogens is 362 g/mol. The third kappa shape index (κ3) is 4.34. The van der Waals surface area contributed by atoms with Crippen molar-refractivity contribution in [2.75, 3.05) is 13.1 Å². The normalized spacial score (nSPS) is 23.2. The number of carbonyl (C=O) groups is 1. The summed E-state index contributed by atoms with van der Waals surface area (Å²) in [5, 5.41) is 3.37. The number of nitrogens with one attached hydrogen (secondary N) is 2. The SMILES string of the molecule is CC(C)NS(=O)(=O)c1cccc(C(=O)N2C3CCNCC2CC3)c1.Cl. The molecule has 2 fully saturated rings. The van der Waals surface area contributed by atoms with Gasteiger partial charge in [0.25, 0.3) is 5.91 Å². The van der Waals surface area contributed by atoms with Crippen molar-refractivity contribution in [1.82, 2.24) is 14.9 Å². The van der Waals surface area contributed by atoms with E-state index < -0.39 is 10.0 Å². The van der Waals surface area contributed by atoms with Crippen molar-refractivity contribution in [3.8, 4) is 0 Å². The van der Waals surface area contributed by atoms with Gasteiger partial charge in [-0.05, 0) is 57.9 Å². The Morgan fingerprint density at radius 2 is 1.96 bits per heavy atom. The molecule has 0 radical (unpaired) electrons. The number of fused-ring (bicyclic) bond motifs is 2. The van der Waals surface area contributed by atoms with Crippen LogP contribution in [-0.4, -0.2) is 50.4 Å². The van der Waals surface area contributed by atoms with E-state index in [1.165, 1.54) is 12.1 Å². The monoisotopic (exact) mass is 387 g/mol. The van der Waals surface area contributed by atoms with E-state index in [2.05, 4.69) is 10.0 Å². The number of halogens is 1. The van der Waals surface area contributed by atoms with Crippen LogP contribution in [0.5, 0.6) is 0 Å². The number of rotatable bonds is 4. The summed E-state index contributed by atoms with van der Waals surface area (Å²) in [5.41, 5.74) is 0.445. The maximum atomic E-state index is 13.0. The summed E-state index contributed by atoms with van der Waals surface area (Å²) in [6, 6.07) is 6.63. The second-order valence-electron chi connectivity index (χ2n) is 6.89. The minimum Gasteiger partial charge on any atom is -0.331 e. The van der Waals surface area contributed by atoms with Gasteiger partial charge in [0.2, 0.25) is 10.0 Å². The van der Waals surface area contributed by atoms with Gasteiger partial charge in [0.05, 0.1) is 4.90 Å². The van der Waals surface area contributed by atoms with E-state index in [-0.39, 0.29) is 41.3 Å². The number of hydrogen-bond acceptors (Lipinski definition) is 4. The van der Waals surface area contributed by atoms with Gasteiger partial charge in [-0.2, -0.15) is 0 Å². The van der Waals surface area contributed by atoms with Crippen LogP contribution < -0.4 is 10.0 Å². The summed E-state index contributed by atoms with van der Waals surface area (Å²) in [6.45, 7) is 5.29. The summed E-state index contributed by atoms with van der Waals surface area (Å²) in [7, 11) is -3.60. The van der Waals surface area contributed by atoms with Crippen molar-refractivity contribution in [3.05, 3.63) is 29.8 Å². The molecule has 2 aliphatic heterocycles. The van der Waals surface area contributed by atoms with Crippen LogP contribution in [-0.2, 0) is 10.0 Å². The highest BCUT2D eigenvalue weighted by atomic mass is 35.5. The summed E-state index contributed by atoms with van der Waals surface area (Å²) >= 11 is 0. The van der Waals surface area contributed by atoms with Gasteiger partial charge >= 0.3 is 0 Å². The standard InChI is InChI=1S/C17H25N3O3S.ClH/c1-12(2)19-24(22,23)16-5-3-4-13(10-16)17(21)20-14-6-7-15(20)11-18-9-8-14;/h3-5,10,12,14-15,18-19H,6-9,11H2,1-2H3;1H. The van der Waals surface area contributed by atoms with Crippen molar-refractivity contribution < 1.29 is 13.2 Å². The Hall–Kier alpha value is -1.15. The lowest BCUT2D eigenvalue weighted by Crippen LogP contribution is -2.42. The molecule has 2 bridgehead atoms. The number of amides is 1. The number of sulfonamides is 1. The third-order valence-corrected chi connectivity index (χ3v) is 6.33. The summed E-state index contributed by atoms with van der Waals surface area (Å²) in [6.07, 6.45) is 3.00. The van der Waals surface area contributed by atoms with E-state index in [1.807, 2.05) is 4.90 Å². The molecule has 1 aromatic rings. The van der Waals surface area contributed by atoms with Gasteiger partial charge in [-0.25, -0.2) is 13.1 Å². The minimum atomic E-state index is -3.60. The Labute approximate surface area is 155 Å². The van der Waals surface area contributed by atoms with E-state index in [1.54, 1.807) is 26.0 Å². The summed E-state index contributed by atoms with van der Waals surface area (Å²) < 4.78 is 27.2. The Balaban J connectivity index is 0.00000225. The van der Waals surface area contributed by atoms with Crippen LogP contribution in [0.25, 0.3) is 0 Å². The number of carbonyl (C=O) groups excluding carboxylic acids is 1. The number of benzene rings is 1. The Morgan fingerprint density at radius 3 is 2.68 bits per heavy atom. The first-order valence-electron chi connectivity index (χ1n) is 8.54. The van der Waals surface area contributed by atoms with Gasteiger partial charge in [0, 0.05) is 30.2 Å². The van der Waals surface area contributed by atoms with Gasteiger partial charge in [0.1, 0.15) is 0 Å². The minimum absolute atomic E-state index is 0. The molecule has 2 atom stereocenters. The van der Waals surface area contributed by atoms with Crippen molar-refractivity contribution in [1.29, 1.82) is 0 Å². The second kappa shape index (κ2) is 8.03. The predicted octanol–water partition coefficient (Wildman–Crippen LogP) is 1.76. The Morgan fingerprint density at radius 1 is 1.24 bits per heavy atom. The van der Waals surface area contributed by atoms with E-state index in [0.29, 0.717) is 5.56 Å². The zero-order chi connectivity index (χ0) is 17.3. The largest absolute Gasteiger partial charge is 0.331 e.